The lowest BCUT2D eigenvalue weighted by Crippen LogP contribution is -2.44. The molecule has 28 heavy (non-hydrogen) atoms. The van der Waals surface area contributed by atoms with Crippen LogP contribution < -0.4 is 16.2 Å². The zero-order valence-corrected chi connectivity index (χ0v) is 16.4. The smallest absolute Gasteiger partial charge is 0.344 e. The molecule has 1 aliphatic rings. The maximum atomic E-state index is 13.0. The molecule has 4 rings (SSSR count). The summed E-state index contributed by atoms with van der Waals surface area (Å²) in [6, 6.07) is 9.32. The Balaban J connectivity index is 1.94. The topological polar surface area (TPSA) is 73.4 Å². The van der Waals surface area contributed by atoms with Gasteiger partial charge in [0.25, 0.3) is 0 Å². The monoisotopic (exact) mass is 396 g/mol. The molecule has 0 aliphatic carbocycles. The van der Waals surface area contributed by atoms with Crippen LogP contribution in [0.2, 0.25) is 5.02 Å². The average molecular weight is 397 g/mol. The fourth-order valence-corrected chi connectivity index (χ4v) is 3.95. The van der Waals surface area contributed by atoms with Crippen molar-refractivity contribution in [3.05, 3.63) is 62.7 Å². The first-order valence-corrected chi connectivity index (χ1v) is 9.59. The summed E-state index contributed by atoms with van der Waals surface area (Å²) in [5.41, 5.74) is 7.84. The molecule has 0 unspecified atom stereocenters. The molecule has 8 heteroatoms. The van der Waals surface area contributed by atoms with Crippen molar-refractivity contribution in [2.75, 3.05) is 18.0 Å². The van der Waals surface area contributed by atoms with Crippen LogP contribution in [0.3, 0.4) is 0 Å². The van der Waals surface area contributed by atoms with E-state index in [2.05, 4.69) is 9.74 Å². The molecule has 0 saturated carbocycles. The molecule has 0 bridgehead atoms. The maximum absolute atomic E-state index is 13.0. The van der Waals surface area contributed by atoms with E-state index in [4.69, 9.17) is 28.9 Å². The van der Waals surface area contributed by atoms with E-state index in [9.17, 15) is 4.79 Å². The van der Waals surface area contributed by atoms with E-state index in [0.29, 0.717) is 35.1 Å². The van der Waals surface area contributed by atoms with Crippen LogP contribution in [0, 0.1) is 6.57 Å². The van der Waals surface area contributed by atoms with Crippen LogP contribution in [0.25, 0.3) is 15.9 Å². The normalized spacial score (nSPS) is 17.1. The molecule has 1 fully saturated rings. The van der Waals surface area contributed by atoms with Gasteiger partial charge in [0.05, 0.1) is 19.1 Å². The number of rotatable bonds is 3. The number of halogens is 1. The molecule has 1 saturated heterocycles. The minimum Gasteiger partial charge on any atom is -0.364 e. The van der Waals surface area contributed by atoms with Crippen molar-refractivity contribution in [3.63, 3.8) is 0 Å². The Kier molecular flexibility index (Phi) is 4.84. The largest absolute Gasteiger partial charge is 0.364 e. The van der Waals surface area contributed by atoms with Gasteiger partial charge in [-0.3, -0.25) is 9.13 Å². The molecule has 0 radical (unpaired) electrons. The quantitative estimate of drug-likeness (QED) is 0.691. The molecular formula is C20H21ClN6O. The summed E-state index contributed by atoms with van der Waals surface area (Å²) in [7, 11) is 1.61. The first kappa shape index (κ1) is 18.5. The highest BCUT2D eigenvalue weighted by Crippen LogP contribution is 2.28. The second-order valence-corrected chi connectivity index (χ2v) is 7.56. The lowest BCUT2D eigenvalue weighted by Gasteiger charge is -2.32. The Labute approximate surface area is 167 Å². The first-order valence-electron chi connectivity index (χ1n) is 9.21. The summed E-state index contributed by atoms with van der Waals surface area (Å²) in [6.45, 7) is 9.26. The summed E-state index contributed by atoms with van der Waals surface area (Å²) in [5, 5.41) is 0.639. The summed E-state index contributed by atoms with van der Waals surface area (Å²) in [5.74, 6) is 0.964. The van der Waals surface area contributed by atoms with E-state index < -0.39 is 0 Å². The molecule has 144 valence electrons. The van der Waals surface area contributed by atoms with Gasteiger partial charge in [-0.1, -0.05) is 36.4 Å². The highest BCUT2D eigenvalue weighted by Gasteiger charge is 2.25. The van der Waals surface area contributed by atoms with Crippen LogP contribution in [0.15, 0.2) is 35.1 Å². The molecule has 1 aromatic carbocycles. The molecule has 7 nitrogen and oxygen atoms in total. The van der Waals surface area contributed by atoms with E-state index in [0.717, 1.165) is 24.9 Å². The van der Waals surface area contributed by atoms with Gasteiger partial charge in [-0.15, -0.1) is 0 Å². The van der Waals surface area contributed by atoms with Crippen LogP contribution in [-0.4, -0.2) is 33.2 Å². The lowest BCUT2D eigenvalue weighted by molar-refractivity contribution is 0.495. The predicted octanol–water partition coefficient (Wildman–Crippen LogP) is 2.91. The van der Waals surface area contributed by atoms with E-state index in [-0.39, 0.29) is 17.4 Å². The minimum atomic E-state index is -0.240. The van der Waals surface area contributed by atoms with E-state index in [1.54, 1.807) is 13.1 Å². The van der Waals surface area contributed by atoms with Gasteiger partial charge < -0.3 is 15.5 Å². The number of hydrogen-bond acceptors (Lipinski definition) is 4. The minimum absolute atomic E-state index is 0.0731. The van der Waals surface area contributed by atoms with Crippen molar-refractivity contribution in [1.82, 2.24) is 14.1 Å². The number of nitrogens with two attached hydrogens (primary N) is 1. The fraction of sp³-hybridized carbons (Fsp3) is 0.350. The third kappa shape index (κ3) is 3.15. The standard InChI is InChI=1S/C20H21ClN6O/c1-23-17-10-16-18(19(28)25(17)2)27(11-13-6-3-4-8-15(13)21)20(24-16)26-9-5-7-14(22)12-26/h3-4,6,8,10,14H,5,7,9,11-12,22H2,2H3/t14-/m1/s1. The number of benzene rings is 1. The molecule has 0 amide bonds. The van der Waals surface area contributed by atoms with Gasteiger partial charge in [0.15, 0.2) is 5.52 Å². The Morgan fingerprint density at radius 1 is 1.39 bits per heavy atom. The number of imidazole rings is 1. The molecular weight excluding hydrogens is 376 g/mol. The van der Waals surface area contributed by atoms with Crippen molar-refractivity contribution in [3.8, 4) is 0 Å². The van der Waals surface area contributed by atoms with E-state index >= 15 is 0 Å². The number of hydrogen-bond donors (Lipinski definition) is 1. The first-order chi connectivity index (χ1) is 13.5. The van der Waals surface area contributed by atoms with Crippen molar-refractivity contribution >= 4 is 34.4 Å². The Hall–Kier alpha value is -2.82. The fourth-order valence-electron chi connectivity index (χ4n) is 3.75. The van der Waals surface area contributed by atoms with Crippen LogP contribution in [0.5, 0.6) is 0 Å². The summed E-state index contributed by atoms with van der Waals surface area (Å²) < 4.78 is 3.27. The average Bonchev–Trinajstić information content (AvgIpc) is 3.05. The summed E-state index contributed by atoms with van der Waals surface area (Å²) in [6.07, 6.45) is 1.95. The van der Waals surface area contributed by atoms with Crippen molar-refractivity contribution < 1.29 is 0 Å². The van der Waals surface area contributed by atoms with Gasteiger partial charge in [-0.2, -0.15) is 0 Å². The van der Waals surface area contributed by atoms with E-state index in [1.807, 2.05) is 28.8 Å². The highest BCUT2D eigenvalue weighted by atomic mass is 35.5. The molecule has 2 N–H and O–H groups in total. The Bertz CT molecular complexity index is 1140. The van der Waals surface area contributed by atoms with Gasteiger partial charge in [0.1, 0.15) is 0 Å². The second-order valence-electron chi connectivity index (χ2n) is 7.15. The molecule has 1 aliphatic heterocycles. The zero-order chi connectivity index (χ0) is 19.8. The summed E-state index contributed by atoms with van der Waals surface area (Å²) >= 11 is 6.38. The zero-order valence-electron chi connectivity index (χ0n) is 15.6. The van der Waals surface area contributed by atoms with E-state index in [1.165, 1.54) is 4.57 Å². The van der Waals surface area contributed by atoms with Gasteiger partial charge in [-0.05, 0) is 30.5 Å². The molecule has 2 aromatic heterocycles. The van der Waals surface area contributed by atoms with Gasteiger partial charge >= 0.3 is 5.56 Å². The summed E-state index contributed by atoms with van der Waals surface area (Å²) in [4.78, 5) is 23.4. The van der Waals surface area contributed by atoms with Gasteiger partial charge in [0.2, 0.25) is 11.8 Å². The number of piperidine rings is 1. The highest BCUT2D eigenvalue weighted by molar-refractivity contribution is 6.31. The Morgan fingerprint density at radius 2 is 2.18 bits per heavy atom. The molecule has 1 atom stereocenters. The van der Waals surface area contributed by atoms with Crippen LogP contribution in [-0.2, 0) is 13.6 Å². The van der Waals surface area contributed by atoms with Gasteiger partial charge in [-0.25, -0.2) is 9.78 Å². The second kappa shape index (κ2) is 7.30. The van der Waals surface area contributed by atoms with Crippen molar-refractivity contribution in [1.29, 1.82) is 0 Å². The third-order valence-corrected chi connectivity index (χ3v) is 5.60. The number of fused-ring (bicyclic) bond motifs is 1. The predicted molar refractivity (Wildman–Crippen MR) is 111 cm³/mol. The molecule has 3 heterocycles. The van der Waals surface area contributed by atoms with Crippen LogP contribution >= 0.6 is 11.6 Å². The van der Waals surface area contributed by atoms with Crippen molar-refractivity contribution in [2.45, 2.75) is 25.4 Å². The van der Waals surface area contributed by atoms with Gasteiger partial charge in [0, 0.05) is 24.2 Å². The third-order valence-electron chi connectivity index (χ3n) is 5.23. The number of pyridine rings is 1. The SMILES string of the molecule is [C-]#[N+]c1cc2nc(N3CCC[C@@H](N)C3)n(Cc3ccccc3Cl)c2c(=O)n1C. The molecule has 0 spiro atoms. The van der Waals surface area contributed by atoms with Crippen LogP contribution in [0.4, 0.5) is 11.8 Å². The number of aromatic nitrogens is 3. The number of anilines is 1. The lowest BCUT2D eigenvalue weighted by atomic mass is 10.1. The number of nitrogens with zero attached hydrogens (tertiary/aromatic N) is 5. The Morgan fingerprint density at radius 3 is 2.89 bits per heavy atom. The van der Waals surface area contributed by atoms with Crippen molar-refractivity contribution in [2.24, 2.45) is 12.8 Å². The van der Waals surface area contributed by atoms with Crippen LogP contribution in [0.1, 0.15) is 18.4 Å². The molecule has 3 aromatic rings. The maximum Gasteiger partial charge on any atom is 0.344 e.